The zero-order valence-corrected chi connectivity index (χ0v) is 14.7. The van der Waals surface area contributed by atoms with Gasteiger partial charge in [0.25, 0.3) is 5.91 Å². The highest BCUT2D eigenvalue weighted by Crippen LogP contribution is 2.15. The lowest BCUT2D eigenvalue weighted by Gasteiger charge is -2.09. The monoisotopic (exact) mass is 364 g/mol. The van der Waals surface area contributed by atoms with Crippen molar-refractivity contribution in [2.75, 3.05) is 6.54 Å². The summed E-state index contributed by atoms with van der Waals surface area (Å²) in [7, 11) is 0. The summed E-state index contributed by atoms with van der Waals surface area (Å²) in [6, 6.07) is 20.1. The third-order valence-corrected chi connectivity index (χ3v) is 3.79. The molecule has 0 fully saturated rings. The van der Waals surface area contributed by atoms with Crippen LogP contribution in [0.1, 0.15) is 21.7 Å². The van der Waals surface area contributed by atoms with E-state index in [9.17, 15) is 9.59 Å². The first-order valence-corrected chi connectivity index (χ1v) is 8.55. The Labute approximate surface area is 157 Å². The molecular weight excluding hydrogens is 344 g/mol. The van der Waals surface area contributed by atoms with Crippen LogP contribution in [-0.4, -0.2) is 18.4 Å². The van der Waals surface area contributed by atoms with Crippen molar-refractivity contribution in [3.05, 3.63) is 89.9 Å². The molecule has 2 aromatic carbocycles. The van der Waals surface area contributed by atoms with Crippen molar-refractivity contribution in [2.24, 2.45) is 0 Å². The third-order valence-electron chi connectivity index (χ3n) is 3.79. The lowest BCUT2D eigenvalue weighted by Crippen LogP contribution is -2.36. The number of amides is 2. The summed E-state index contributed by atoms with van der Waals surface area (Å²) in [6.07, 6.45) is 1.54. The SMILES string of the molecule is O=C(CNC(=O)c1cccc(OCc2ccccc2)c1)NCc1ccco1. The van der Waals surface area contributed by atoms with Crippen LogP contribution in [0.25, 0.3) is 0 Å². The van der Waals surface area contributed by atoms with E-state index in [-0.39, 0.29) is 24.9 Å². The van der Waals surface area contributed by atoms with Crippen LogP contribution in [0.3, 0.4) is 0 Å². The van der Waals surface area contributed by atoms with E-state index in [4.69, 9.17) is 9.15 Å². The molecular formula is C21H20N2O4. The quantitative estimate of drug-likeness (QED) is 0.644. The molecule has 1 heterocycles. The number of nitrogens with one attached hydrogen (secondary N) is 2. The number of hydrogen-bond acceptors (Lipinski definition) is 4. The maximum absolute atomic E-state index is 12.2. The summed E-state index contributed by atoms with van der Waals surface area (Å²) >= 11 is 0. The molecule has 0 radical (unpaired) electrons. The first-order chi connectivity index (χ1) is 13.2. The minimum Gasteiger partial charge on any atom is -0.489 e. The molecule has 2 amide bonds. The van der Waals surface area contributed by atoms with Gasteiger partial charge in [-0.2, -0.15) is 0 Å². The number of ether oxygens (including phenoxy) is 1. The van der Waals surface area contributed by atoms with Gasteiger partial charge in [0.05, 0.1) is 19.4 Å². The van der Waals surface area contributed by atoms with Crippen molar-refractivity contribution in [2.45, 2.75) is 13.2 Å². The molecule has 0 saturated carbocycles. The Hall–Kier alpha value is -3.54. The molecule has 0 unspecified atom stereocenters. The molecule has 3 aromatic rings. The van der Waals surface area contributed by atoms with Crippen molar-refractivity contribution in [3.8, 4) is 5.75 Å². The summed E-state index contributed by atoms with van der Waals surface area (Å²) in [5.74, 6) is 0.608. The molecule has 0 aliphatic carbocycles. The molecule has 6 heteroatoms. The number of hydrogen-bond donors (Lipinski definition) is 2. The highest BCUT2D eigenvalue weighted by Gasteiger charge is 2.09. The van der Waals surface area contributed by atoms with Crippen molar-refractivity contribution < 1.29 is 18.7 Å². The van der Waals surface area contributed by atoms with Gasteiger partial charge in [-0.15, -0.1) is 0 Å². The van der Waals surface area contributed by atoms with Crippen LogP contribution < -0.4 is 15.4 Å². The number of carbonyl (C=O) groups is 2. The van der Waals surface area contributed by atoms with Crippen LogP contribution in [0.2, 0.25) is 0 Å². The van der Waals surface area contributed by atoms with Crippen LogP contribution in [0, 0.1) is 0 Å². The van der Waals surface area contributed by atoms with Crippen LogP contribution >= 0.6 is 0 Å². The summed E-state index contributed by atoms with van der Waals surface area (Å²) in [4.78, 5) is 24.1. The number of furan rings is 1. The van der Waals surface area contributed by atoms with Crippen molar-refractivity contribution in [3.63, 3.8) is 0 Å². The third kappa shape index (κ3) is 5.74. The minimum absolute atomic E-state index is 0.116. The van der Waals surface area contributed by atoms with Gasteiger partial charge < -0.3 is 19.8 Å². The molecule has 0 aliphatic heterocycles. The number of rotatable bonds is 8. The smallest absolute Gasteiger partial charge is 0.251 e. The fourth-order valence-electron chi connectivity index (χ4n) is 2.39. The molecule has 138 valence electrons. The Kier molecular flexibility index (Phi) is 6.25. The van der Waals surface area contributed by atoms with E-state index in [0.29, 0.717) is 23.7 Å². The van der Waals surface area contributed by atoms with Gasteiger partial charge in [-0.3, -0.25) is 9.59 Å². The van der Waals surface area contributed by atoms with Gasteiger partial charge in [0, 0.05) is 5.56 Å². The number of carbonyl (C=O) groups excluding carboxylic acids is 2. The second-order valence-corrected chi connectivity index (χ2v) is 5.84. The minimum atomic E-state index is -0.340. The van der Waals surface area contributed by atoms with Crippen LogP contribution in [0.5, 0.6) is 5.75 Å². The molecule has 0 spiro atoms. The van der Waals surface area contributed by atoms with Gasteiger partial charge in [-0.05, 0) is 35.9 Å². The highest BCUT2D eigenvalue weighted by molar-refractivity contribution is 5.96. The molecule has 2 N–H and O–H groups in total. The average molecular weight is 364 g/mol. The zero-order chi connectivity index (χ0) is 18.9. The summed E-state index contributed by atoms with van der Waals surface area (Å²) in [5, 5.41) is 5.26. The van der Waals surface area contributed by atoms with Crippen molar-refractivity contribution in [1.82, 2.24) is 10.6 Å². The van der Waals surface area contributed by atoms with E-state index in [0.717, 1.165) is 5.56 Å². The van der Waals surface area contributed by atoms with E-state index < -0.39 is 0 Å². The van der Waals surface area contributed by atoms with E-state index in [1.54, 1.807) is 36.4 Å². The molecule has 3 rings (SSSR count). The Morgan fingerprint density at radius 2 is 1.78 bits per heavy atom. The van der Waals surface area contributed by atoms with Crippen LogP contribution in [-0.2, 0) is 17.9 Å². The van der Waals surface area contributed by atoms with Crippen molar-refractivity contribution >= 4 is 11.8 Å². The molecule has 1 aromatic heterocycles. The maximum Gasteiger partial charge on any atom is 0.251 e. The fourth-order valence-corrected chi connectivity index (χ4v) is 2.39. The van der Waals surface area contributed by atoms with E-state index >= 15 is 0 Å². The van der Waals surface area contributed by atoms with E-state index in [1.807, 2.05) is 30.3 Å². The summed E-state index contributed by atoms with van der Waals surface area (Å²) in [5.41, 5.74) is 1.47. The summed E-state index contributed by atoms with van der Waals surface area (Å²) in [6.45, 7) is 0.584. The Balaban J connectivity index is 1.47. The fraction of sp³-hybridized carbons (Fsp3) is 0.143. The average Bonchev–Trinajstić information content (AvgIpc) is 3.23. The van der Waals surface area contributed by atoms with E-state index in [2.05, 4.69) is 10.6 Å². The zero-order valence-electron chi connectivity index (χ0n) is 14.7. The Morgan fingerprint density at radius 1 is 0.926 bits per heavy atom. The van der Waals surface area contributed by atoms with Gasteiger partial charge in [0.1, 0.15) is 18.1 Å². The predicted octanol–water partition coefficient (Wildman–Crippen LogP) is 2.90. The van der Waals surface area contributed by atoms with Crippen LogP contribution in [0.15, 0.2) is 77.4 Å². The van der Waals surface area contributed by atoms with Gasteiger partial charge in [0.15, 0.2) is 0 Å². The number of benzene rings is 2. The van der Waals surface area contributed by atoms with Crippen LogP contribution in [0.4, 0.5) is 0 Å². The first kappa shape index (κ1) is 18.3. The Bertz CT molecular complexity index is 876. The van der Waals surface area contributed by atoms with E-state index in [1.165, 1.54) is 6.26 Å². The topological polar surface area (TPSA) is 80.6 Å². The van der Waals surface area contributed by atoms with Gasteiger partial charge in [-0.25, -0.2) is 0 Å². The lowest BCUT2D eigenvalue weighted by molar-refractivity contribution is -0.120. The standard InChI is InChI=1S/C21H20N2O4/c24-20(22-13-19-10-5-11-26-19)14-23-21(25)17-8-4-9-18(12-17)27-15-16-6-2-1-3-7-16/h1-12H,13-15H2,(H,22,24)(H,23,25). The molecule has 0 atom stereocenters. The maximum atomic E-state index is 12.2. The highest BCUT2D eigenvalue weighted by atomic mass is 16.5. The largest absolute Gasteiger partial charge is 0.489 e. The predicted molar refractivity (Wildman–Crippen MR) is 100 cm³/mol. The lowest BCUT2D eigenvalue weighted by atomic mass is 10.2. The normalized spacial score (nSPS) is 10.2. The molecule has 6 nitrogen and oxygen atoms in total. The molecule has 0 aliphatic rings. The molecule has 27 heavy (non-hydrogen) atoms. The molecule has 0 saturated heterocycles. The van der Waals surface area contributed by atoms with Gasteiger partial charge in [-0.1, -0.05) is 36.4 Å². The van der Waals surface area contributed by atoms with Crippen molar-refractivity contribution in [1.29, 1.82) is 0 Å². The second-order valence-electron chi connectivity index (χ2n) is 5.84. The Morgan fingerprint density at radius 3 is 2.56 bits per heavy atom. The second kappa shape index (κ2) is 9.24. The first-order valence-electron chi connectivity index (χ1n) is 8.55. The van der Waals surface area contributed by atoms with Gasteiger partial charge in [0.2, 0.25) is 5.91 Å². The van der Waals surface area contributed by atoms with Gasteiger partial charge >= 0.3 is 0 Å². The molecule has 0 bridgehead atoms. The summed E-state index contributed by atoms with van der Waals surface area (Å²) < 4.78 is 10.8.